The van der Waals surface area contributed by atoms with E-state index in [0.717, 1.165) is 35.2 Å². The van der Waals surface area contributed by atoms with Gasteiger partial charge in [0, 0.05) is 53.9 Å². The number of rotatable bonds is 10. The van der Waals surface area contributed by atoms with Gasteiger partial charge >= 0.3 is 0 Å². The Labute approximate surface area is 268 Å². The molecule has 0 aromatic heterocycles. The Kier molecular flexibility index (Phi) is 15.3. The highest BCUT2D eigenvalue weighted by Crippen LogP contribution is 2.24. The summed E-state index contributed by atoms with van der Waals surface area (Å²) < 4.78 is 5.43. The van der Waals surface area contributed by atoms with E-state index in [4.69, 9.17) is 9.84 Å². The van der Waals surface area contributed by atoms with Gasteiger partial charge in [-0.25, -0.2) is 0 Å². The van der Waals surface area contributed by atoms with Crippen molar-refractivity contribution < 1.29 is 39.1 Å². The third-order valence-electron chi connectivity index (χ3n) is 5.52. The van der Waals surface area contributed by atoms with Gasteiger partial charge in [0.15, 0.2) is 12.6 Å². The Morgan fingerprint density at radius 2 is 1.00 bits per heavy atom. The molecule has 0 aliphatic rings. The van der Waals surface area contributed by atoms with Crippen LogP contribution < -0.4 is 4.74 Å². The Morgan fingerprint density at radius 3 is 1.41 bits per heavy atom. The number of carbonyl (C=O) groups is 2. The summed E-state index contributed by atoms with van der Waals surface area (Å²) in [5.74, 6) is -0.0467. The zero-order chi connectivity index (χ0) is 33.5. The fourth-order valence-electron chi connectivity index (χ4n) is 3.20. The Balaban J connectivity index is 0.000000374. The van der Waals surface area contributed by atoms with Gasteiger partial charge < -0.3 is 9.84 Å². The number of alkyl halides is 1. The van der Waals surface area contributed by atoms with Crippen molar-refractivity contribution in [2.75, 3.05) is 0 Å². The van der Waals surface area contributed by atoms with Crippen LogP contribution in [0.3, 0.4) is 0 Å². The molecule has 17 heteroatoms. The van der Waals surface area contributed by atoms with Gasteiger partial charge in [-0.2, -0.15) is 0 Å². The summed E-state index contributed by atoms with van der Waals surface area (Å²) in [5.41, 5.74) is 1.37. The van der Waals surface area contributed by atoms with Crippen LogP contribution in [0, 0.1) is 40.5 Å². The van der Waals surface area contributed by atoms with Gasteiger partial charge in [0.05, 0.1) is 30.8 Å². The topological polar surface area (TPSA) is 236 Å². The number of aromatic hydroxyl groups is 1. The molecule has 0 unspecified atom stereocenters. The van der Waals surface area contributed by atoms with Crippen LogP contribution in [0.25, 0.3) is 0 Å². The predicted octanol–water partition coefficient (Wildman–Crippen LogP) is 7.13. The lowest BCUT2D eigenvalue weighted by Crippen LogP contribution is -1.99. The molecule has 0 atom stereocenters. The fraction of sp³-hybridized carbons (Fsp3) is 0.103. The summed E-state index contributed by atoms with van der Waals surface area (Å²) in [5, 5.41) is 51.3. The molecule has 4 aromatic rings. The SMILES string of the molecule is C.O=Cc1cc([N+](=O)[O-])ccc1O.O=Cc1cc([N+](=O)[O-])ccc1OCc1ccc([N+](=O)[O-])cc1.O=[N+]([O-])c1ccc(CBr)cc1. The minimum atomic E-state index is -0.633. The van der Waals surface area contributed by atoms with Crippen molar-refractivity contribution in [2.45, 2.75) is 19.4 Å². The average Bonchev–Trinajstić information content (AvgIpc) is 3.04. The smallest absolute Gasteiger partial charge is 0.270 e. The quantitative estimate of drug-likeness (QED) is 0.0752. The number of hydrogen-bond donors (Lipinski definition) is 1. The first-order valence-electron chi connectivity index (χ1n) is 12.2. The zero-order valence-electron chi connectivity index (χ0n) is 22.8. The molecule has 4 rings (SSSR count). The van der Waals surface area contributed by atoms with Crippen LogP contribution in [0.1, 0.15) is 39.3 Å². The van der Waals surface area contributed by atoms with Crippen molar-refractivity contribution in [2.24, 2.45) is 0 Å². The molecule has 46 heavy (non-hydrogen) atoms. The highest BCUT2D eigenvalue weighted by atomic mass is 79.9. The van der Waals surface area contributed by atoms with E-state index in [2.05, 4.69) is 15.9 Å². The van der Waals surface area contributed by atoms with Crippen molar-refractivity contribution in [1.29, 1.82) is 0 Å². The molecule has 0 saturated carbocycles. The van der Waals surface area contributed by atoms with Crippen LogP contribution in [0.4, 0.5) is 22.7 Å². The molecule has 0 fully saturated rings. The third-order valence-corrected chi connectivity index (χ3v) is 6.17. The van der Waals surface area contributed by atoms with E-state index in [1.807, 2.05) is 0 Å². The minimum absolute atomic E-state index is 0. The molecule has 240 valence electrons. The average molecular weight is 701 g/mol. The van der Waals surface area contributed by atoms with Gasteiger partial charge in [-0.3, -0.25) is 50.0 Å². The van der Waals surface area contributed by atoms with Gasteiger partial charge in [0.2, 0.25) is 0 Å². The Bertz CT molecular complexity index is 1700. The number of nitrogens with zero attached hydrogens (tertiary/aromatic N) is 4. The predicted molar refractivity (Wildman–Crippen MR) is 169 cm³/mol. The first-order chi connectivity index (χ1) is 21.4. The maximum absolute atomic E-state index is 11.0. The zero-order valence-corrected chi connectivity index (χ0v) is 24.3. The molecule has 0 saturated heterocycles. The van der Waals surface area contributed by atoms with Crippen LogP contribution in [0.15, 0.2) is 84.9 Å². The molecule has 0 heterocycles. The number of ether oxygens (including phenoxy) is 1. The second kappa shape index (κ2) is 18.5. The van der Waals surface area contributed by atoms with E-state index in [1.54, 1.807) is 12.1 Å². The lowest BCUT2D eigenvalue weighted by Gasteiger charge is -2.08. The number of phenols is 1. The number of halogens is 1. The Hall–Kier alpha value is -6.10. The number of carbonyl (C=O) groups excluding carboxylic acids is 2. The standard InChI is InChI=1S/C14H10N2O6.C7H6BrNO2.C7H5NO4.CH4/c17-8-11-7-13(16(20)21)5-6-14(11)22-9-10-1-3-12(4-2-10)15(18)19;8-5-6-1-3-7(4-2-6)9(10)11;9-4-5-3-6(8(11)12)1-2-7(5)10;/h1-8H,9H2;1-4H,5H2;1-4,10H;1H4. The third kappa shape index (κ3) is 11.5. The summed E-state index contributed by atoms with van der Waals surface area (Å²) >= 11 is 3.25. The normalized spacial score (nSPS) is 9.50. The summed E-state index contributed by atoms with van der Waals surface area (Å²) in [6.45, 7) is 0.0800. The van der Waals surface area contributed by atoms with Crippen molar-refractivity contribution in [3.05, 3.63) is 148 Å². The van der Waals surface area contributed by atoms with Gasteiger partial charge in [0.25, 0.3) is 22.7 Å². The van der Waals surface area contributed by atoms with Gasteiger partial charge in [0.1, 0.15) is 18.1 Å². The maximum Gasteiger partial charge on any atom is 0.270 e. The van der Waals surface area contributed by atoms with E-state index in [-0.39, 0.29) is 59.4 Å². The number of benzene rings is 4. The second-order valence-electron chi connectivity index (χ2n) is 8.48. The summed E-state index contributed by atoms with van der Waals surface area (Å²) in [6.07, 6.45) is 0.834. The maximum atomic E-state index is 11.0. The van der Waals surface area contributed by atoms with Gasteiger partial charge in [-0.05, 0) is 35.4 Å². The van der Waals surface area contributed by atoms with E-state index in [9.17, 15) is 50.0 Å². The van der Waals surface area contributed by atoms with Crippen molar-refractivity contribution in [3.8, 4) is 11.5 Å². The molecule has 0 spiro atoms. The summed E-state index contributed by atoms with van der Waals surface area (Å²) in [6, 6.07) is 19.2. The van der Waals surface area contributed by atoms with Crippen molar-refractivity contribution in [1.82, 2.24) is 0 Å². The number of non-ortho nitro benzene ring substituents is 4. The fourth-order valence-corrected chi connectivity index (χ4v) is 3.58. The van der Waals surface area contributed by atoms with Crippen LogP contribution in [0.2, 0.25) is 0 Å². The molecule has 0 aliphatic carbocycles. The van der Waals surface area contributed by atoms with Crippen LogP contribution in [-0.2, 0) is 11.9 Å². The molecule has 16 nitrogen and oxygen atoms in total. The first kappa shape index (κ1) is 37.9. The minimum Gasteiger partial charge on any atom is -0.507 e. The number of hydrogen-bond acceptors (Lipinski definition) is 12. The molecule has 0 bridgehead atoms. The van der Waals surface area contributed by atoms with Gasteiger partial charge in [-0.15, -0.1) is 0 Å². The van der Waals surface area contributed by atoms with Crippen molar-refractivity contribution in [3.63, 3.8) is 0 Å². The van der Waals surface area contributed by atoms with Crippen LogP contribution in [-0.4, -0.2) is 37.4 Å². The van der Waals surface area contributed by atoms with E-state index in [1.165, 1.54) is 48.5 Å². The van der Waals surface area contributed by atoms with Gasteiger partial charge in [-0.1, -0.05) is 35.5 Å². The van der Waals surface area contributed by atoms with Crippen molar-refractivity contribution >= 4 is 51.3 Å². The van der Waals surface area contributed by atoms with E-state index < -0.39 is 19.7 Å². The molecule has 0 amide bonds. The van der Waals surface area contributed by atoms with E-state index in [0.29, 0.717) is 18.1 Å². The molecule has 0 radical (unpaired) electrons. The number of phenolic OH excluding ortho intramolecular Hbond substituents is 1. The largest absolute Gasteiger partial charge is 0.507 e. The van der Waals surface area contributed by atoms with Crippen LogP contribution in [0.5, 0.6) is 11.5 Å². The molecule has 4 aromatic carbocycles. The van der Waals surface area contributed by atoms with Crippen LogP contribution >= 0.6 is 15.9 Å². The number of aldehydes is 2. The summed E-state index contributed by atoms with van der Waals surface area (Å²) in [4.78, 5) is 60.6. The monoisotopic (exact) mass is 700 g/mol. The molecule has 1 N–H and O–H groups in total. The number of nitro benzene ring substituents is 4. The van der Waals surface area contributed by atoms with E-state index >= 15 is 0 Å². The number of nitro groups is 4. The lowest BCUT2D eigenvalue weighted by atomic mass is 10.2. The molecular formula is C29H25BrN4O12. The molecule has 0 aliphatic heterocycles. The Morgan fingerprint density at radius 1 is 0.609 bits per heavy atom. The first-order valence-corrected chi connectivity index (χ1v) is 13.3. The summed E-state index contributed by atoms with van der Waals surface area (Å²) in [7, 11) is 0. The highest BCUT2D eigenvalue weighted by molar-refractivity contribution is 9.08. The highest BCUT2D eigenvalue weighted by Gasteiger charge is 2.12. The second-order valence-corrected chi connectivity index (χ2v) is 9.05. The lowest BCUT2D eigenvalue weighted by molar-refractivity contribution is -0.385. The molecular weight excluding hydrogens is 676 g/mol.